The number of rotatable bonds is 9. The molecule has 2 amide bonds. The topological polar surface area (TPSA) is 86.7 Å². The van der Waals surface area contributed by atoms with Gasteiger partial charge in [-0.15, -0.1) is 0 Å². The van der Waals surface area contributed by atoms with E-state index in [1.807, 2.05) is 30.3 Å². The fourth-order valence-electron chi connectivity index (χ4n) is 2.55. The van der Waals surface area contributed by atoms with Crippen molar-refractivity contribution >= 4 is 68.1 Å². The zero-order valence-corrected chi connectivity index (χ0v) is 18.5. The molecular formula is C19H21BrN2O4S2. The van der Waals surface area contributed by atoms with Crippen LogP contribution in [0.15, 0.2) is 33.6 Å². The summed E-state index contributed by atoms with van der Waals surface area (Å²) >= 11 is 10.0. The molecule has 0 radical (unpaired) electrons. The van der Waals surface area contributed by atoms with Crippen LogP contribution in [0.3, 0.4) is 0 Å². The summed E-state index contributed by atoms with van der Waals surface area (Å²) in [5.41, 5.74) is 0.927. The van der Waals surface area contributed by atoms with Crippen molar-refractivity contribution in [1.82, 2.24) is 10.2 Å². The number of carbonyl (C=O) groups is 3. The summed E-state index contributed by atoms with van der Waals surface area (Å²) in [5, 5.41) is 11.2. The maximum atomic E-state index is 12.6. The van der Waals surface area contributed by atoms with Crippen molar-refractivity contribution < 1.29 is 19.5 Å². The highest BCUT2D eigenvalue weighted by Gasteiger charge is 2.31. The molecule has 1 aromatic carbocycles. The highest BCUT2D eigenvalue weighted by atomic mass is 79.9. The van der Waals surface area contributed by atoms with E-state index in [2.05, 4.69) is 21.2 Å². The Hall–Kier alpha value is -1.71. The van der Waals surface area contributed by atoms with Crippen LogP contribution in [0.5, 0.6) is 0 Å². The molecule has 1 fully saturated rings. The van der Waals surface area contributed by atoms with Gasteiger partial charge in [-0.25, -0.2) is 0 Å². The molecule has 1 aliphatic heterocycles. The summed E-state index contributed by atoms with van der Waals surface area (Å²) in [5.74, 6) is -1.43. The molecule has 1 unspecified atom stereocenters. The van der Waals surface area contributed by atoms with Crippen LogP contribution in [0, 0.1) is 0 Å². The lowest BCUT2D eigenvalue weighted by Crippen LogP contribution is -2.38. The number of aliphatic carboxylic acids is 1. The van der Waals surface area contributed by atoms with E-state index >= 15 is 0 Å². The maximum Gasteiger partial charge on any atom is 0.325 e. The average molecular weight is 485 g/mol. The number of carboxylic acid groups (broad SMARTS) is 1. The molecule has 2 N–H and O–H groups in total. The molecule has 1 aliphatic rings. The van der Waals surface area contributed by atoms with Gasteiger partial charge >= 0.3 is 5.97 Å². The Morgan fingerprint density at radius 3 is 2.79 bits per heavy atom. The number of thioether (sulfide) groups is 1. The third-order valence-electron chi connectivity index (χ3n) is 4.05. The van der Waals surface area contributed by atoms with Gasteiger partial charge in [-0.2, -0.15) is 0 Å². The van der Waals surface area contributed by atoms with Crippen molar-refractivity contribution in [3.63, 3.8) is 0 Å². The highest BCUT2D eigenvalue weighted by molar-refractivity contribution is 9.10. The number of carbonyl (C=O) groups excluding carboxylic acids is 2. The number of carboxylic acids is 1. The van der Waals surface area contributed by atoms with E-state index in [9.17, 15) is 14.4 Å². The number of halogens is 1. The smallest absolute Gasteiger partial charge is 0.325 e. The third kappa shape index (κ3) is 6.72. The van der Waals surface area contributed by atoms with E-state index in [1.54, 1.807) is 4.90 Å². The summed E-state index contributed by atoms with van der Waals surface area (Å²) in [6.07, 6.45) is 4.19. The van der Waals surface area contributed by atoms with Crippen molar-refractivity contribution in [3.05, 3.63) is 39.2 Å². The number of nitrogens with zero attached hydrogens (tertiary/aromatic N) is 1. The van der Waals surface area contributed by atoms with E-state index in [4.69, 9.17) is 17.3 Å². The minimum atomic E-state index is -1.06. The van der Waals surface area contributed by atoms with Crippen LogP contribution < -0.4 is 5.32 Å². The number of amides is 2. The van der Waals surface area contributed by atoms with Crippen molar-refractivity contribution in [1.29, 1.82) is 0 Å². The summed E-state index contributed by atoms with van der Waals surface area (Å²) in [4.78, 5) is 37.1. The Balaban J connectivity index is 1.77. The number of benzene rings is 1. The molecule has 0 bridgehead atoms. The van der Waals surface area contributed by atoms with Crippen LogP contribution in [0.4, 0.5) is 0 Å². The molecule has 9 heteroatoms. The van der Waals surface area contributed by atoms with Gasteiger partial charge in [-0.1, -0.05) is 58.5 Å². The van der Waals surface area contributed by atoms with Gasteiger partial charge in [0.15, 0.2) is 0 Å². The summed E-state index contributed by atoms with van der Waals surface area (Å²) in [6, 6.07) is 6.80. The minimum Gasteiger partial charge on any atom is -0.480 e. The Bertz CT molecular complexity index is 813. The Kier molecular flexibility index (Phi) is 8.65. The monoisotopic (exact) mass is 484 g/mol. The van der Waals surface area contributed by atoms with E-state index in [0.717, 1.165) is 22.9 Å². The summed E-state index contributed by atoms with van der Waals surface area (Å²) < 4.78 is 1.48. The summed E-state index contributed by atoms with van der Waals surface area (Å²) in [7, 11) is 0. The SMILES string of the molecule is CC(NC(=O)CCCCCN1C(=O)/C(=C/c2cccc(Br)c2)SC1=S)C(=O)O. The lowest BCUT2D eigenvalue weighted by atomic mass is 10.1. The van der Waals surface area contributed by atoms with Crippen molar-refractivity contribution in [2.75, 3.05) is 6.54 Å². The van der Waals surface area contributed by atoms with Crippen molar-refractivity contribution in [2.24, 2.45) is 0 Å². The molecular weight excluding hydrogens is 464 g/mol. The summed E-state index contributed by atoms with van der Waals surface area (Å²) in [6.45, 7) is 1.94. The first-order chi connectivity index (χ1) is 13.3. The average Bonchev–Trinajstić information content (AvgIpc) is 2.88. The lowest BCUT2D eigenvalue weighted by Gasteiger charge is -2.14. The highest BCUT2D eigenvalue weighted by Crippen LogP contribution is 2.33. The molecule has 0 spiro atoms. The van der Waals surface area contributed by atoms with E-state index in [1.165, 1.54) is 18.7 Å². The second-order valence-corrected chi connectivity index (χ2v) is 8.92. The molecule has 1 saturated heterocycles. The lowest BCUT2D eigenvalue weighted by molar-refractivity contribution is -0.141. The second-order valence-electron chi connectivity index (χ2n) is 6.33. The van der Waals surface area contributed by atoms with Crippen LogP contribution in [-0.4, -0.2) is 44.7 Å². The minimum absolute atomic E-state index is 0.0944. The number of unbranched alkanes of at least 4 members (excludes halogenated alkanes) is 2. The predicted molar refractivity (Wildman–Crippen MR) is 118 cm³/mol. The first kappa shape index (κ1) is 22.6. The molecule has 0 aliphatic carbocycles. The van der Waals surface area contributed by atoms with Crippen LogP contribution in [-0.2, 0) is 14.4 Å². The molecule has 1 atom stereocenters. The molecule has 0 aromatic heterocycles. The van der Waals surface area contributed by atoms with Gasteiger partial charge in [-0.05, 0) is 43.5 Å². The molecule has 0 saturated carbocycles. The fourth-order valence-corrected chi connectivity index (χ4v) is 4.27. The Morgan fingerprint density at radius 2 is 2.11 bits per heavy atom. The number of hydrogen-bond donors (Lipinski definition) is 2. The van der Waals surface area contributed by atoms with Gasteiger partial charge in [0.2, 0.25) is 5.91 Å². The van der Waals surface area contributed by atoms with Crippen LogP contribution in [0.2, 0.25) is 0 Å². The fraction of sp³-hybridized carbons (Fsp3) is 0.368. The van der Waals surface area contributed by atoms with Gasteiger partial charge in [0.05, 0.1) is 4.91 Å². The first-order valence-electron chi connectivity index (χ1n) is 8.81. The van der Waals surface area contributed by atoms with Gasteiger partial charge in [0.1, 0.15) is 10.4 Å². The third-order valence-corrected chi connectivity index (χ3v) is 5.92. The van der Waals surface area contributed by atoms with E-state index in [0.29, 0.717) is 22.2 Å². The molecule has 1 aromatic rings. The van der Waals surface area contributed by atoms with Gasteiger partial charge in [-0.3, -0.25) is 19.3 Å². The molecule has 2 rings (SSSR count). The molecule has 28 heavy (non-hydrogen) atoms. The number of thiocarbonyl (C=S) groups is 1. The maximum absolute atomic E-state index is 12.6. The van der Waals surface area contributed by atoms with Gasteiger partial charge < -0.3 is 10.4 Å². The second kappa shape index (κ2) is 10.7. The van der Waals surface area contributed by atoms with E-state index in [-0.39, 0.29) is 18.2 Å². The van der Waals surface area contributed by atoms with Gasteiger partial charge in [0, 0.05) is 17.4 Å². The molecule has 1 heterocycles. The molecule has 150 valence electrons. The van der Waals surface area contributed by atoms with Crippen LogP contribution in [0.1, 0.15) is 38.2 Å². The van der Waals surface area contributed by atoms with E-state index < -0.39 is 12.0 Å². The Labute approximate surface area is 181 Å². The first-order valence-corrected chi connectivity index (χ1v) is 10.8. The van der Waals surface area contributed by atoms with Crippen molar-refractivity contribution in [2.45, 2.75) is 38.6 Å². The largest absolute Gasteiger partial charge is 0.480 e. The van der Waals surface area contributed by atoms with Crippen molar-refractivity contribution in [3.8, 4) is 0 Å². The van der Waals surface area contributed by atoms with Gasteiger partial charge in [0.25, 0.3) is 5.91 Å². The quantitative estimate of drug-likeness (QED) is 0.315. The normalized spacial score (nSPS) is 16.5. The molecule has 6 nitrogen and oxygen atoms in total. The van der Waals surface area contributed by atoms with Crippen LogP contribution in [0.25, 0.3) is 6.08 Å². The zero-order chi connectivity index (χ0) is 20.7. The Morgan fingerprint density at radius 1 is 1.36 bits per heavy atom. The van der Waals surface area contributed by atoms with Crippen LogP contribution >= 0.6 is 39.9 Å². The number of nitrogens with one attached hydrogen (secondary N) is 1. The number of hydrogen-bond acceptors (Lipinski definition) is 5. The standard InChI is InChI=1S/C19H21BrN2O4S2/c1-12(18(25)26)21-16(23)8-3-2-4-9-22-17(24)15(28-19(22)27)11-13-6-5-7-14(20)10-13/h5-7,10-12H,2-4,8-9H2,1H3,(H,21,23)(H,25,26)/b15-11-. The zero-order valence-electron chi connectivity index (χ0n) is 15.3. The predicted octanol–water partition coefficient (Wildman–Crippen LogP) is 3.80.